The number of methoxy groups -OCH3 is 2. The monoisotopic (exact) mass is 314 g/mol. The Kier molecular flexibility index (Phi) is 5.57. The molecule has 0 spiro atoms. The van der Waals surface area contributed by atoms with E-state index in [0.29, 0.717) is 35.2 Å². The summed E-state index contributed by atoms with van der Waals surface area (Å²) in [7, 11) is 3.05. The topological polar surface area (TPSA) is 69.7 Å². The normalized spacial score (nSPS) is 9.83. The van der Waals surface area contributed by atoms with Crippen LogP contribution in [0.2, 0.25) is 0 Å². The Morgan fingerprint density at radius 3 is 2.65 bits per heavy atom. The van der Waals surface area contributed by atoms with Crippen molar-refractivity contribution in [3.63, 3.8) is 0 Å². The van der Waals surface area contributed by atoms with E-state index in [2.05, 4.69) is 16.9 Å². The molecule has 0 bridgehead atoms. The summed E-state index contributed by atoms with van der Waals surface area (Å²) in [6.07, 6.45) is 3.16. The first-order valence-corrected chi connectivity index (χ1v) is 6.91. The summed E-state index contributed by atoms with van der Waals surface area (Å²) in [6, 6.07) is 8.34. The van der Waals surface area contributed by atoms with Gasteiger partial charge < -0.3 is 19.5 Å². The Labute approximate surface area is 134 Å². The summed E-state index contributed by atoms with van der Waals surface area (Å²) in [5.41, 5.74) is 1.02. The van der Waals surface area contributed by atoms with Crippen molar-refractivity contribution < 1.29 is 19.0 Å². The van der Waals surface area contributed by atoms with E-state index in [4.69, 9.17) is 14.2 Å². The van der Waals surface area contributed by atoms with Crippen LogP contribution in [0.3, 0.4) is 0 Å². The van der Waals surface area contributed by atoms with Crippen molar-refractivity contribution in [3.8, 4) is 17.4 Å². The predicted octanol–water partition coefficient (Wildman–Crippen LogP) is 2.92. The van der Waals surface area contributed by atoms with Crippen LogP contribution in [-0.2, 0) is 0 Å². The van der Waals surface area contributed by atoms with E-state index in [-0.39, 0.29) is 5.91 Å². The minimum Gasteiger partial charge on any atom is -0.493 e. The average Bonchev–Trinajstić information content (AvgIpc) is 2.60. The van der Waals surface area contributed by atoms with Gasteiger partial charge in [-0.2, -0.15) is 0 Å². The van der Waals surface area contributed by atoms with Crippen molar-refractivity contribution in [2.75, 3.05) is 26.1 Å². The van der Waals surface area contributed by atoms with E-state index >= 15 is 0 Å². The molecule has 1 amide bonds. The summed E-state index contributed by atoms with van der Waals surface area (Å²) < 4.78 is 15.7. The van der Waals surface area contributed by atoms with Gasteiger partial charge in [0.1, 0.15) is 6.61 Å². The number of pyridine rings is 1. The molecule has 2 rings (SSSR count). The largest absolute Gasteiger partial charge is 0.493 e. The molecule has 1 N–H and O–H groups in total. The minimum atomic E-state index is -0.273. The van der Waals surface area contributed by atoms with Crippen LogP contribution in [0.5, 0.6) is 17.4 Å². The van der Waals surface area contributed by atoms with Gasteiger partial charge in [0.2, 0.25) is 5.88 Å². The molecular weight excluding hydrogens is 296 g/mol. The van der Waals surface area contributed by atoms with Crippen molar-refractivity contribution in [2.24, 2.45) is 0 Å². The van der Waals surface area contributed by atoms with E-state index in [1.165, 1.54) is 20.4 Å². The van der Waals surface area contributed by atoms with Gasteiger partial charge in [0, 0.05) is 11.6 Å². The lowest BCUT2D eigenvalue weighted by Gasteiger charge is -2.11. The molecule has 0 aliphatic heterocycles. The van der Waals surface area contributed by atoms with Gasteiger partial charge in [-0.1, -0.05) is 12.7 Å². The lowest BCUT2D eigenvalue weighted by Crippen LogP contribution is -2.12. The van der Waals surface area contributed by atoms with Gasteiger partial charge in [0.15, 0.2) is 11.5 Å². The smallest absolute Gasteiger partial charge is 0.255 e. The molecule has 0 unspecified atom stereocenters. The van der Waals surface area contributed by atoms with Crippen molar-refractivity contribution in [3.05, 3.63) is 54.7 Å². The Morgan fingerprint density at radius 1 is 1.22 bits per heavy atom. The maximum atomic E-state index is 12.3. The van der Waals surface area contributed by atoms with Gasteiger partial charge in [-0.15, -0.1) is 0 Å². The number of rotatable bonds is 7. The number of carbonyl (C=O) groups excluding carboxylic acids is 1. The Hall–Kier alpha value is -3.02. The SMILES string of the molecule is C=CCOc1ccc(C(=O)Nc2ccc(OC)nc2)cc1OC. The van der Waals surface area contributed by atoms with Gasteiger partial charge in [0.25, 0.3) is 5.91 Å². The zero-order valence-electron chi connectivity index (χ0n) is 13.0. The standard InChI is InChI=1S/C17H18N2O4/c1-4-9-23-14-7-5-12(10-15(14)21-2)17(20)19-13-6-8-16(22-3)18-11-13/h4-8,10-11H,1,9H2,2-3H3,(H,19,20). The third-order valence-electron chi connectivity index (χ3n) is 2.99. The van der Waals surface area contributed by atoms with Crippen molar-refractivity contribution in [2.45, 2.75) is 0 Å². The molecule has 1 aromatic heterocycles. The number of nitrogens with zero attached hydrogens (tertiary/aromatic N) is 1. The third-order valence-corrected chi connectivity index (χ3v) is 2.99. The number of aromatic nitrogens is 1. The first-order valence-electron chi connectivity index (χ1n) is 6.91. The van der Waals surface area contributed by atoms with Gasteiger partial charge in [-0.05, 0) is 24.3 Å². The highest BCUT2D eigenvalue weighted by molar-refractivity contribution is 6.04. The number of carbonyl (C=O) groups is 1. The minimum absolute atomic E-state index is 0.273. The second-order valence-electron chi connectivity index (χ2n) is 4.51. The molecule has 0 radical (unpaired) electrons. The van der Waals surface area contributed by atoms with Crippen LogP contribution in [0, 0.1) is 0 Å². The molecule has 0 aliphatic carbocycles. The molecule has 0 saturated heterocycles. The molecule has 0 aliphatic rings. The summed E-state index contributed by atoms with van der Waals surface area (Å²) in [5, 5.41) is 2.75. The quantitative estimate of drug-likeness (QED) is 0.796. The number of amides is 1. The summed E-state index contributed by atoms with van der Waals surface area (Å²) in [4.78, 5) is 16.3. The number of ether oxygens (including phenoxy) is 3. The zero-order valence-corrected chi connectivity index (χ0v) is 13.0. The van der Waals surface area contributed by atoms with Crippen LogP contribution >= 0.6 is 0 Å². The second-order valence-corrected chi connectivity index (χ2v) is 4.51. The highest BCUT2D eigenvalue weighted by Gasteiger charge is 2.11. The molecule has 2 aromatic rings. The second kappa shape index (κ2) is 7.84. The first-order chi connectivity index (χ1) is 11.2. The van der Waals surface area contributed by atoms with E-state index in [0.717, 1.165) is 0 Å². The number of anilines is 1. The Bertz CT molecular complexity index is 683. The van der Waals surface area contributed by atoms with Gasteiger partial charge in [-0.25, -0.2) is 4.98 Å². The summed E-state index contributed by atoms with van der Waals surface area (Å²) in [5.74, 6) is 1.24. The molecular formula is C17H18N2O4. The maximum Gasteiger partial charge on any atom is 0.255 e. The van der Waals surface area contributed by atoms with Crippen LogP contribution in [0.1, 0.15) is 10.4 Å². The summed E-state index contributed by atoms with van der Waals surface area (Å²) >= 11 is 0. The van der Waals surface area contributed by atoms with Crippen LogP contribution in [0.15, 0.2) is 49.2 Å². The first kappa shape index (κ1) is 16.4. The zero-order chi connectivity index (χ0) is 16.7. The molecule has 6 nitrogen and oxygen atoms in total. The molecule has 1 aromatic carbocycles. The fourth-order valence-corrected chi connectivity index (χ4v) is 1.86. The fourth-order valence-electron chi connectivity index (χ4n) is 1.86. The van der Waals surface area contributed by atoms with E-state index < -0.39 is 0 Å². The van der Waals surface area contributed by atoms with Crippen molar-refractivity contribution >= 4 is 11.6 Å². The van der Waals surface area contributed by atoms with E-state index in [9.17, 15) is 4.79 Å². The Morgan fingerprint density at radius 2 is 2.04 bits per heavy atom. The van der Waals surface area contributed by atoms with Crippen LogP contribution in [0.4, 0.5) is 5.69 Å². The number of hydrogen-bond acceptors (Lipinski definition) is 5. The summed E-state index contributed by atoms with van der Waals surface area (Å²) in [6.45, 7) is 3.95. The van der Waals surface area contributed by atoms with Gasteiger partial charge in [-0.3, -0.25) is 4.79 Å². The van der Waals surface area contributed by atoms with Crippen LogP contribution in [0.25, 0.3) is 0 Å². The Balaban J connectivity index is 2.13. The van der Waals surface area contributed by atoms with Gasteiger partial charge >= 0.3 is 0 Å². The highest BCUT2D eigenvalue weighted by Crippen LogP contribution is 2.28. The lowest BCUT2D eigenvalue weighted by molar-refractivity contribution is 0.102. The predicted molar refractivity (Wildman–Crippen MR) is 87.4 cm³/mol. The maximum absolute atomic E-state index is 12.3. The average molecular weight is 314 g/mol. The molecule has 23 heavy (non-hydrogen) atoms. The lowest BCUT2D eigenvalue weighted by atomic mass is 10.2. The van der Waals surface area contributed by atoms with Crippen molar-refractivity contribution in [1.29, 1.82) is 0 Å². The molecule has 1 heterocycles. The number of hydrogen-bond donors (Lipinski definition) is 1. The van der Waals surface area contributed by atoms with E-state index in [1.54, 1.807) is 36.4 Å². The molecule has 120 valence electrons. The van der Waals surface area contributed by atoms with Gasteiger partial charge in [0.05, 0.1) is 26.1 Å². The third kappa shape index (κ3) is 4.23. The molecule has 0 saturated carbocycles. The van der Waals surface area contributed by atoms with Crippen LogP contribution < -0.4 is 19.5 Å². The number of benzene rings is 1. The molecule has 6 heteroatoms. The number of nitrogens with one attached hydrogen (secondary N) is 1. The van der Waals surface area contributed by atoms with Crippen molar-refractivity contribution in [1.82, 2.24) is 4.98 Å². The molecule has 0 fully saturated rings. The highest BCUT2D eigenvalue weighted by atomic mass is 16.5. The van der Waals surface area contributed by atoms with Crippen LogP contribution in [-0.4, -0.2) is 31.7 Å². The molecule has 0 atom stereocenters. The van der Waals surface area contributed by atoms with E-state index in [1.807, 2.05) is 0 Å². The fraction of sp³-hybridized carbons (Fsp3) is 0.176.